The zero-order chi connectivity index (χ0) is 13.5. The number of carbonyl (C=O) groups is 1. The lowest BCUT2D eigenvalue weighted by Crippen LogP contribution is -2.37. The van der Waals surface area contributed by atoms with Crippen LogP contribution in [0.4, 0.5) is 5.69 Å². The molecule has 1 amide bonds. The molecule has 18 heavy (non-hydrogen) atoms. The van der Waals surface area contributed by atoms with Gasteiger partial charge in [-0.3, -0.25) is 9.48 Å². The largest absolute Gasteiger partial charge is 0.396 e. The normalized spacial score (nSPS) is 10.9. The maximum Gasteiger partial charge on any atom is 0.244 e. The number of aromatic nitrogens is 2. The predicted molar refractivity (Wildman–Crippen MR) is 73.0 cm³/mol. The Kier molecular flexibility index (Phi) is 5.68. The van der Waals surface area contributed by atoms with Crippen molar-refractivity contribution in [3.8, 4) is 0 Å². The number of anilines is 1. The standard InChI is InChI=1S/C13H24N4O/c1-4-11(5-2)8-16(6-3)13(18)10-17-9-12(14)7-15-17/h7,9,11H,4-6,8,10,14H2,1-3H3. The number of hydrogen-bond acceptors (Lipinski definition) is 3. The van der Waals surface area contributed by atoms with Crippen LogP contribution in [0, 0.1) is 5.92 Å². The second kappa shape index (κ2) is 7.03. The maximum atomic E-state index is 12.1. The molecule has 0 aromatic carbocycles. The number of carbonyl (C=O) groups excluding carboxylic acids is 1. The second-order valence-electron chi connectivity index (χ2n) is 4.59. The minimum Gasteiger partial charge on any atom is -0.396 e. The molecule has 0 bridgehead atoms. The first kappa shape index (κ1) is 14.5. The van der Waals surface area contributed by atoms with Crippen LogP contribution in [0.2, 0.25) is 0 Å². The van der Waals surface area contributed by atoms with Gasteiger partial charge in [-0.1, -0.05) is 26.7 Å². The van der Waals surface area contributed by atoms with E-state index in [2.05, 4.69) is 18.9 Å². The van der Waals surface area contributed by atoms with Crippen LogP contribution in [-0.4, -0.2) is 33.7 Å². The molecule has 0 aliphatic carbocycles. The van der Waals surface area contributed by atoms with Crippen molar-refractivity contribution < 1.29 is 4.79 Å². The van der Waals surface area contributed by atoms with Gasteiger partial charge in [-0.25, -0.2) is 0 Å². The van der Waals surface area contributed by atoms with Gasteiger partial charge in [-0.15, -0.1) is 0 Å². The van der Waals surface area contributed by atoms with E-state index in [0.717, 1.165) is 25.9 Å². The molecule has 5 nitrogen and oxygen atoms in total. The zero-order valence-corrected chi connectivity index (χ0v) is 11.6. The molecule has 5 heteroatoms. The molecule has 0 saturated heterocycles. The van der Waals surface area contributed by atoms with Crippen molar-refractivity contribution in [3.63, 3.8) is 0 Å². The first-order valence-corrected chi connectivity index (χ1v) is 6.66. The fourth-order valence-electron chi connectivity index (χ4n) is 1.97. The Morgan fingerprint density at radius 3 is 2.56 bits per heavy atom. The average Bonchev–Trinajstić information content (AvgIpc) is 2.76. The van der Waals surface area contributed by atoms with Gasteiger partial charge in [0.1, 0.15) is 6.54 Å². The van der Waals surface area contributed by atoms with Crippen LogP contribution in [0.5, 0.6) is 0 Å². The van der Waals surface area contributed by atoms with Crippen LogP contribution in [0.1, 0.15) is 33.6 Å². The van der Waals surface area contributed by atoms with E-state index in [1.54, 1.807) is 17.1 Å². The van der Waals surface area contributed by atoms with E-state index < -0.39 is 0 Å². The summed E-state index contributed by atoms with van der Waals surface area (Å²) in [6, 6.07) is 0. The highest BCUT2D eigenvalue weighted by Gasteiger charge is 2.16. The van der Waals surface area contributed by atoms with Gasteiger partial charge < -0.3 is 10.6 Å². The third-order valence-electron chi connectivity index (χ3n) is 3.32. The van der Waals surface area contributed by atoms with Crippen molar-refractivity contribution in [2.45, 2.75) is 40.2 Å². The Labute approximate surface area is 109 Å². The summed E-state index contributed by atoms with van der Waals surface area (Å²) in [4.78, 5) is 14.0. The van der Waals surface area contributed by atoms with E-state index in [9.17, 15) is 4.79 Å². The van der Waals surface area contributed by atoms with Crippen molar-refractivity contribution >= 4 is 11.6 Å². The molecule has 0 saturated carbocycles. The molecule has 0 unspecified atom stereocenters. The van der Waals surface area contributed by atoms with E-state index >= 15 is 0 Å². The van der Waals surface area contributed by atoms with Gasteiger partial charge in [0, 0.05) is 19.3 Å². The Morgan fingerprint density at radius 2 is 2.11 bits per heavy atom. The van der Waals surface area contributed by atoms with Gasteiger partial charge >= 0.3 is 0 Å². The van der Waals surface area contributed by atoms with Crippen LogP contribution >= 0.6 is 0 Å². The lowest BCUT2D eigenvalue weighted by molar-refractivity contribution is -0.132. The summed E-state index contributed by atoms with van der Waals surface area (Å²) in [6.07, 6.45) is 5.46. The number of amides is 1. The Bertz CT molecular complexity index is 371. The molecule has 1 aromatic heterocycles. The third kappa shape index (κ3) is 4.05. The van der Waals surface area contributed by atoms with Gasteiger partial charge in [0.2, 0.25) is 5.91 Å². The summed E-state index contributed by atoms with van der Waals surface area (Å²) in [7, 11) is 0. The smallest absolute Gasteiger partial charge is 0.244 e. The van der Waals surface area contributed by atoms with E-state index in [-0.39, 0.29) is 12.5 Å². The highest BCUT2D eigenvalue weighted by Crippen LogP contribution is 2.10. The van der Waals surface area contributed by atoms with Crippen molar-refractivity contribution in [1.82, 2.24) is 14.7 Å². The number of rotatable bonds is 7. The lowest BCUT2D eigenvalue weighted by Gasteiger charge is -2.25. The average molecular weight is 252 g/mol. The quantitative estimate of drug-likeness (QED) is 0.804. The van der Waals surface area contributed by atoms with Crippen LogP contribution in [0.3, 0.4) is 0 Å². The number of nitrogens with zero attached hydrogens (tertiary/aromatic N) is 3. The molecule has 0 aliphatic heterocycles. The molecule has 1 rings (SSSR count). The molecule has 1 heterocycles. The zero-order valence-electron chi connectivity index (χ0n) is 11.6. The molecule has 0 radical (unpaired) electrons. The highest BCUT2D eigenvalue weighted by atomic mass is 16.2. The van der Waals surface area contributed by atoms with Crippen molar-refractivity contribution in [3.05, 3.63) is 12.4 Å². The number of nitrogen functional groups attached to an aromatic ring is 1. The van der Waals surface area contributed by atoms with Gasteiger partial charge in [0.15, 0.2) is 0 Å². The van der Waals surface area contributed by atoms with Crippen LogP contribution in [0.25, 0.3) is 0 Å². The molecular formula is C13H24N4O. The number of likely N-dealkylation sites (N-methyl/N-ethyl adjacent to an activating group) is 1. The van der Waals surface area contributed by atoms with Crippen molar-refractivity contribution in [2.75, 3.05) is 18.8 Å². The monoisotopic (exact) mass is 252 g/mol. The van der Waals surface area contributed by atoms with Crippen LogP contribution < -0.4 is 5.73 Å². The Hall–Kier alpha value is -1.52. The minimum absolute atomic E-state index is 0.104. The molecule has 1 aromatic rings. The van der Waals surface area contributed by atoms with Gasteiger partial charge in [-0.05, 0) is 12.8 Å². The SMILES string of the molecule is CCC(CC)CN(CC)C(=O)Cn1cc(N)cn1. The lowest BCUT2D eigenvalue weighted by atomic mass is 10.0. The summed E-state index contributed by atoms with van der Waals surface area (Å²) in [5.41, 5.74) is 6.17. The molecule has 2 N–H and O–H groups in total. The molecule has 0 aliphatic rings. The third-order valence-corrected chi connectivity index (χ3v) is 3.32. The van der Waals surface area contributed by atoms with E-state index in [1.165, 1.54) is 0 Å². The van der Waals surface area contributed by atoms with E-state index in [1.807, 2.05) is 11.8 Å². The maximum absolute atomic E-state index is 12.1. The fraction of sp³-hybridized carbons (Fsp3) is 0.692. The van der Waals surface area contributed by atoms with Crippen molar-refractivity contribution in [2.24, 2.45) is 5.92 Å². The molecule has 0 spiro atoms. The topological polar surface area (TPSA) is 64.2 Å². The minimum atomic E-state index is 0.104. The van der Waals surface area contributed by atoms with Crippen LogP contribution in [0.15, 0.2) is 12.4 Å². The van der Waals surface area contributed by atoms with Gasteiger partial charge in [-0.2, -0.15) is 5.10 Å². The molecule has 0 atom stereocenters. The summed E-state index contributed by atoms with van der Waals surface area (Å²) in [5.74, 6) is 0.684. The highest BCUT2D eigenvalue weighted by molar-refractivity contribution is 5.75. The summed E-state index contributed by atoms with van der Waals surface area (Å²) in [5, 5.41) is 4.04. The molecule has 102 valence electrons. The predicted octanol–water partition coefficient (Wildman–Crippen LogP) is 1.75. The van der Waals surface area contributed by atoms with E-state index in [0.29, 0.717) is 11.6 Å². The summed E-state index contributed by atoms with van der Waals surface area (Å²) in [6.45, 7) is 8.19. The molecule has 0 fully saturated rings. The fourth-order valence-corrected chi connectivity index (χ4v) is 1.97. The molecular weight excluding hydrogens is 228 g/mol. The van der Waals surface area contributed by atoms with Gasteiger partial charge in [0.05, 0.1) is 11.9 Å². The summed E-state index contributed by atoms with van der Waals surface area (Å²) >= 11 is 0. The Morgan fingerprint density at radius 1 is 1.44 bits per heavy atom. The Balaban J connectivity index is 2.56. The van der Waals surface area contributed by atoms with Crippen molar-refractivity contribution in [1.29, 1.82) is 0 Å². The number of hydrogen-bond donors (Lipinski definition) is 1. The van der Waals surface area contributed by atoms with Crippen LogP contribution in [-0.2, 0) is 11.3 Å². The second-order valence-corrected chi connectivity index (χ2v) is 4.59. The van der Waals surface area contributed by atoms with E-state index in [4.69, 9.17) is 5.73 Å². The first-order chi connectivity index (χ1) is 8.60. The summed E-state index contributed by atoms with van der Waals surface area (Å²) < 4.78 is 1.59. The number of nitrogens with two attached hydrogens (primary N) is 1. The first-order valence-electron chi connectivity index (χ1n) is 6.66. The van der Waals surface area contributed by atoms with Gasteiger partial charge in [0.25, 0.3) is 0 Å².